The first-order chi connectivity index (χ1) is 8.72. The lowest BCUT2D eigenvalue weighted by molar-refractivity contribution is 0.201. The van der Waals surface area contributed by atoms with Crippen LogP contribution in [0.1, 0.15) is 36.2 Å². The molecule has 0 aromatic carbocycles. The molecule has 1 atom stereocenters. The van der Waals surface area contributed by atoms with Crippen LogP contribution in [0.3, 0.4) is 0 Å². The van der Waals surface area contributed by atoms with Gasteiger partial charge in [-0.1, -0.05) is 5.16 Å². The Balaban J connectivity index is 1.75. The molecule has 3 heterocycles. The van der Waals surface area contributed by atoms with Gasteiger partial charge in [0.25, 0.3) is 0 Å². The van der Waals surface area contributed by atoms with Gasteiger partial charge >= 0.3 is 0 Å². The Hall–Kier alpha value is -1.69. The molecule has 0 N–H and O–H groups in total. The topological polar surface area (TPSA) is 60.0 Å². The van der Waals surface area contributed by atoms with Crippen molar-refractivity contribution in [3.05, 3.63) is 29.7 Å². The van der Waals surface area contributed by atoms with Crippen LogP contribution in [0.2, 0.25) is 0 Å². The SMILES string of the molecule is Cc1noc([C@H]2CCCN2Cc2cnn(C)c2)n1. The van der Waals surface area contributed by atoms with Crippen molar-refractivity contribution >= 4 is 0 Å². The Bertz CT molecular complexity index is 532. The van der Waals surface area contributed by atoms with Gasteiger partial charge in [0.05, 0.1) is 12.2 Å². The van der Waals surface area contributed by atoms with E-state index in [-0.39, 0.29) is 6.04 Å². The van der Waals surface area contributed by atoms with Crippen molar-refractivity contribution in [3.63, 3.8) is 0 Å². The van der Waals surface area contributed by atoms with Gasteiger partial charge in [-0.05, 0) is 26.3 Å². The minimum Gasteiger partial charge on any atom is -0.338 e. The maximum Gasteiger partial charge on any atom is 0.243 e. The van der Waals surface area contributed by atoms with Crippen molar-refractivity contribution < 1.29 is 4.52 Å². The van der Waals surface area contributed by atoms with Gasteiger partial charge in [-0.25, -0.2) is 0 Å². The highest BCUT2D eigenvalue weighted by Gasteiger charge is 2.30. The number of likely N-dealkylation sites (tertiary alicyclic amines) is 1. The van der Waals surface area contributed by atoms with Crippen LogP contribution in [0.25, 0.3) is 0 Å². The Morgan fingerprint density at radius 3 is 3.06 bits per heavy atom. The number of rotatable bonds is 3. The molecule has 0 unspecified atom stereocenters. The molecule has 6 nitrogen and oxygen atoms in total. The molecule has 0 radical (unpaired) electrons. The van der Waals surface area contributed by atoms with Crippen LogP contribution in [0.5, 0.6) is 0 Å². The lowest BCUT2D eigenvalue weighted by Crippen LogP contribution is -2.22. The summed E-state index contributed by atoms with van der Waals surface area (Å²) in [5.74, 6) is 1.45. The van der Waals surface area contributed by atoms with Crippen molar-refractivity contribution in [2.75, 3.05) is 6.54 Å². The van der Waals surface area contributed by atoms with E-state index in [2.05, 4.69) is 26.3 Å². The molecule has 0 bridgehead atoms. The molecule has 0 amide bonds. The van der Waals surface area contributed by atoms with Crippen molar-refractivity contribution in [1.82, 2.24) is 24.8 Å². The van der Waals surface area contributed by atoms with Crippen LogP contribution in [-0.2, 0) is 13.6 Å². The molecule has 18 heavy (non-hydrogen) atoms. The number of aryl methyl sites for hydroxylation is 2. The number of nitrogens with zero attached hydrogens (tertiary/aromatic N) is 5. The normalized spacial score (nSPS) is 20.7. The highest BCUT2D eigenvalue weighted by Crippen LogP contribution is 2.31. The Labute approximate surface area is 106 Å². The third-order valence-electron chi connectivity index (χ3n) is 3.34. The third kappa shape index (κ3) is 2.15. The van der Waals surface area contributed by atoms with Crippen molar-refractivity contribution in [2.24, 2.45) is 7.05 Å². The first kappa shape index (κ1) is 11.4. The molecule has 0 spiro atoms. The molecule has 2 aromatic rings. The van der Waals surface area contributed by atoms with Crippen LogP contribution in [0.4, 0.5) is 0 Å². The van der Waals surface area contributed by atoms with Gasteiger partial charge in [-0.15, -0.1) is 0 Å². The van der Waals surface area contributed by atoms with Crippen molar-refractivity contribution in [2.45, 2.75) is 32.4 Å². The summed E-state index contributed by atoms with van der Waals surface area (Å²) < 4.78 is 7.13. The Morgan fingerprint density at radius 2 is 2.39 bits per heavy atom. The van der Waals surface area contributed by atoms with Gasteiger partial charge in [0, 0.05) is 25.4 Å². The Kier molecular flexibility index (Phi) is 2.87. The van der Waals surface area contributed by atoms with Gasteiger partial charge in [-0.3, -0.25) is 9.58 Å². The first-order valence-corrected chi connectivity index (χ1v) is 6.24. The van der Waals surface area contributed by atoms with Crippen molar-refractivity contribution in [1.29, 1.82) is 0 Å². The average Bonchev–Trinajstić information content (AvgIpc) is 3.01. The standard InChI is InChI=1S/C12H17N5O/c1-9-14-12(18-15-9)11-4-3-5-17(11)8-10-6-13-16(2)7-10/h6-7,11H,3-5,8H2,1-2H3/t11-/m1/s1. The molecule has 1 saturated heterocycles. The molecule has 6 heteroatoms. The molecule has 3 rings (SSSR count). The van der Waals surface area contributed by atoms with Crippen LogP contribution < -0.4 is 0 Å². The van der Waals surface area contributed by atoms with E-state index in [9.17, 15) is 0 Å². The smallest absolute Gasteiger partial charge is 0.243 e. The molecule has 0 saturated carbocycles. The average molecular weight is 247 g/mol. The molecule has 1 fully saturated rings. The van der Waals surface area contributed by atoms with E-state index in [0.717, 1.165) is 25.4 Å². The van der Waals surface area contributed by atoms with E-state index in [1.165, 1.54) is 12.0 Å². The summed E-state index contributed by atoms with van der Waals surface area (Å²) in [6.45, 7) is 3.81. The summed E-state index contributed by atoms with van der Waals surface area (Å²) in [5, 5.41) is 8.08. The predicted octanol–water partition coefficient (Wildman–Crippen LogP) is 1.45. The number of hydrogen-bond donors (Lipinski definition) is 0. The zero-order valence-corrected chi connectivity index (χ0v) is 10.7. The summed E-state index contributed by atoms with van der Waals surface area (Å²) in [7, 11) is 1.94. The summed E-state index contributed by atoms with van der Waals surface area (Å²) in [6, 6.07) is 0.256. The first-order valence-electron chi connectivity index (χ1n) is 6.24. The minimum atomic E-state index is 0.256. The predicted molar refractivity (Wildman–Crippen MR) is 64.6 cm³/mol. The van der Waals surface area contributed by atoms with Gasteiger partial charge in [0.1, 0.15) is 0 Å². The van der Waals surface area contributed by atoms with E-state index in [4.69, 9.17) is 4.52 Å². The van der Waals surface area contributed by atoms with Crippen molar-refractivity contribution in [3.8, 4) is 0 Å². The van der Waals surface area contributed by atoms with E-state index >= 15 is 0 Å². The lowest BCUT2D eigenvalue weighted by atomic mass is 10.2. The molecule has 1 aliphatic rings. The maximum atomic E-state index is 5.30. The summed E-state index contributed by atoms with van der Waals surface area (Å²) in [6.07, 6.45) is 6.22. The van der Waals surface area contributed by atoms with Crippen LogP contribution in [0.15, 0.2) is 16.9 Å². The van der Waals surface area contributed by atoms with Crippen LogP contribution in [-0.4, -0.2) is 31.4 Å². The maximum absolute atomic E-state index is 5.30. The zero-order chi connectivity index (χ0) is 12.5. The largest absolute Gasteiger partial charge is 0.338 e. The second-order valence-electron chi connectivity index (χ2n) is 4.83. The van der Waals surface area contributed by atoms with Crippen LogP contribution >= 0.6 is 0 Å². The van der Waals surface area contributed by atoms with Gasteiger partial charge in [-0.2, -0.15) is 10.1 Å². The fourth-order valence-electron chi connectivity index (χ4n) is 2.53. The van der Waals surface area contributed by atoms with E-state index in [0.29, 0.717) is 5.82 Å². The molecule has 96 valence electrons. The second-order valence-corrected chi connectivity index (χ2v) is 4.83. The highest BCUT2D eigenvalue weighted by atomic mass is 16.5. The van der Waals surface area contributed by atoms with E-state index in [1.807, 2.05) is 24.9 Å². The fraction of sp³-hybridized carbons (Fsp3) is 0.583. The highest BCUT2D eigenvalue weighted by molar-refractivity contribution is 5.06. The van der Waals surface area contributed by atoms with E-state index in [1.54, 1.807) is 0 Å². The molecule has 2 aromatic heterocycles. The van der Waals surface area contributed by atoms with Crippen LogP contribution in [0, 0.1) is 6.92 Å². The quantitative estimate of drug-likeness (QED) is 0.821. The summed E-state index contributed by atoms with van der Waals surface area (Å²) >= 11 is 0. The van der Waals surface area contributed by atoms with Gasteiger partial charge < -0.3 is 4.52 Å². The van der Waals surface area contributed by atoms with E-state index < -0.39 is 0 Å². The number of hydrogen-bond acceptors (Lipinski definition) is 5. The molecular weight excluding hydrogens is 230 g/mol. The lowest BCUT2D eigenvalue weighted by Gasteiger charge is -2.20. The third-order valence-corrected chi connectivity index (χ3v) is 3.34. The summed E-state index contributed by atoms with van der Waals surface area (Å²) in [5.41, 5.74) is 1.22. The fourth-order valence-corrected chi connectivity index (χ4v) is 2.53. The summed E-state index contributed by atoms with van der Waals surface area (Å²) in [4.78, 5) is 6.73. The molecular formula is C12H17N5O. The monoisotopic (exact) mass is 247 g/mol. The number of aromatic nitrogens is 4. The van der Waals surface area contributed by atoms with Gasteiger partial charge in [0.15, 0.2) is 5.82 Å². The molecule has 0 aliphatic carbocycles. The Morgan fingerprint density at radius 1 is 1.50 bits per heavy atom. The minimum absolute atomic E-state index is 0.256. The van der Waals surface area contributed by atoms with Gasteiger partial charge in [0.2, 0.25) is 5.89 Å². The molecule has 1 aliphatic heterocycles. The zero-order valence-electron chi connectivity index (χ0n) is 10.7. The second kappa shape index (κ2) is 4.53.